The number of halogens is 1. The average Bonchev–Trinajstić information content (AvgIpc) is 3.64. The van der Waals surface area contributed by atoms with Crippen molar-refractivity contribution < 1.29 is 28.9 Å². The molecular formula is C44H39ClN6O9. The number of nitrogens with zero attached hydrogens (tertiary/aromatic N) is 6. The maximum atomic E-state index is 15.5. The minimum Gasteiger partial charge on any atom is -0.508 e. The summed E-state index contributed by atoms with van der Waals surface area (Å²) in [6.07, 6.45) is 1.78. The molecule has 4 aromatic carbocycles. The van der Waals surface area contributed by atoms with E-state index in [-0.39, 0.29) is 43.1 Å². The van der Waals surface area contributed by atoms with Gasteiger partial charge in [0.2, 0.25) is 11.8 Å². The summed E-state index contributed by atoms with van der Waals surface area (Å²) in [6.45, 7) is -0.197. The highest BCUT2D eigenvalue weighted by atomic mass is 35.5. The van der Waals surface area contributed by atoms with Crippen molar-refractivity contribution in [2.45, 2.75) is 43.3 Å². The quantitative estimate of drug-likeness (QED) is 0.162. The molecule has 1 saturated heterocycles. The molecule has 0 bridgehead atoms. The third-order valence-corrected chi connectivity index (χ3v) is 12.5. The van der Waals surface area contributed by atoms with Gasteiger partial charge >= 0.3 is 11.4 Å². The molecule has 1 aliphatic carbocycles. The number of aryl methyl sites for hydroxylation is 2. The number of aromatic hydroxyl groups is 1. The fourth-order valence-electron chi connectivity index (χ4n) is 9.62. The van der Waals surface area contributed by atoms with Gasteiger partial charge < -0.3 is 23.9 Å². The molecule has 4 heterocycles. The Morgan fingerprint density at radius 1 is 0.850 bits per heavy atom. The molecular weight excluding hydrogens is 792 g/mol. The van der Waals surface area contributed by atoms with E-state index >= 15 is 9.59 Å². The molecule has 4 atom stereocenters. The molecule has 6 aromatic rings. The summed E-state index contributed by atoms with van der Waals surface area (Å²) in [6, 6.07) is 22.6. The standard InChI is InChI=1S/C44H39ClN6O9/c1-47-34-23-37(60-4)36(59-3)22-32(34)46-31(40(47)54)16-17-48-42(56)49-18-15-28-33(51(49)43(48)57)21-30-39(53)50(26-12-8-11-25(45)19-26)41(55)44(30,24-9-6-5-7-10-24)38(28)29-14-13-27(52)20-35(29)58-2/h5-15,19-20,22-23,30,33,38,52H,16-18,21H2,1-4H3. The fourth-order valence-corrected chi connectivity index (χ4v) is 9.80. The topological polar surface area (TPSA) is 169 Å². The minimum absolute atomic E-state index is 0.0132. The van der Waals surface area contributed by atoms with Gasteiger partial charge in [-0.15, -0.1) is 0 Å². The van der Waals surface area contributed by atoms with Crippen LogP contribution in [0.4, 0.5) is 5.69 Å². The van der Waals surface area contributed by atoms with Crippen molar-refractivity contribution in [3.63, 3.8) is 0 Å². The molecule has 0 radical (unpaired) electrons. The molecule has 3 aliphatic rings. The number of rotatable bonds is 9. The van der Waals surface area contributed by atoms with Crippen LogP contribution < -0.4 is 36.0 Å². The van der Waals surface area contributed by atoms with Crippen molar-refractivity contribution in [3.8, 4) is 23.0 Å². The number of methoxy groups -OCH3 is 3. The molecule has 4 unspecified atom stereocenters. The van der Waals surface area contributed by atoms with Crippen LogP contribution in [0.2, 0.25) is 5.02 Å². The Bertz CT molecular complexity index is 2990. The lowest BCUT2D eigenvalue weighted by Gasteiger charge is -2.49. The third-order valence-electron chi connectivity index (χ3n) is 12.3. The Morgan fingerprint density at radius 3 is 2.30 bits per heavy atom. The van der Waals surface area contributed by atoms with Gasteiger partial charge in [-0.05, 0) is 41.8 Å². The van der Waals surface area contributed by atoms with Crippen LogP contribution in [-0.4, -0.2) is 61.7 Å². The SMILES string of the molecule is COc1cc2nc(CCn3c(=O)n4n(c3=O)C3CC5C(=O)N(c6cccc(Cl)c6)C(=O)C5(c5ccccc5)C(c5ccc(O)cc5OC)C3=CC4)c(=O)n(C)c2cc1OC. The highest BCUT2D eigenvalue weighted by Gasteiger charge is 2.69. The van der Waals surface area contributed by atoms with E-state index in [0.717, 1.165) is 4.57 Å². The molecule has 0 spiro atoms. The van der Waals surface area contributed by atoms with Crippen LogP contribution in [0.25, 0.3) is 11.0 Å². The van der Waals surface area contributed by atoms with Gasteiger partial charge in [0.05, 0.1) is 62.0 Å². The number of hydrogen-bond donors (Lipinski definition) is 1. The zero-order valence-electron chi connectivity index (χ0n) is 33.0. The third kappa shape index (κ3) is 5.55. The minimum atomic E-state index is -1.56. The average molecular weight is 831 g/mol. The van der Waals surface area contributed by atoms with Gasteiger partial charge in [-0.2, -0.15) is 0 Å². The first-order valence-corrected chi connectivity index (χ1v) is 19.6. The van der Waals surface area contributed by atoms with E-state index < -0.39 is 52.0 Å². The number of aromatic nitrogens is 5. The lowest BCUT2D eigenvalue weighted by Crippen LogP contribution is -2.53. The Balaban J connectivity index is 1.19. The number of anilines is 1. The van der Waals surface area contributed by atoms with Gasteiger partial charge in [0.1, 0.15) is 17.2 Å². The number of allylic oxidation sites excluding steroid dienone is 2. The van der Waals surface area contributed by atoms with Crippen molar-refractivity contribution in [2.24, 2.45) is 13.0 Å². The molecule has 1 saturated carbocycles. The van der Waals surface area contributed by atoms with E-state index in [9.17, 15) is 19.5 Å². The second-order valence-corrected chi connectivity index (χ2v) is 15.5. The first kappa shape index (κ1) is 38.6. The van der Waals surface area contributed by atoms with Crippen molar-refractivity contribution in [1.29, 1.82) is 0 Å². The maximum absolute atomic E-state index is 15.5. The zero-order valence-corrected chi connectivity index (χ0v) is 33.8. The molecule has 2 amide bonds. The summed E-state index contributed by atoms with van der Waals surface area (Å²) in [7, 11) is 6.05. The Kier molecular flexibility index (Phi) is 9.30. The van der Waals surface area contributed by atoms with Crippen molar-refractivity contribution in [2.75, 3.05) is 26.2 Å². The van der Waals surface area contributed by atoms with E-state index in [1.54, 1.807) is 61.6 Å². The number of ether oxygens (including phenoxy) is 3. The molecule has 16 heteroatoms. The molecule has 1 N–H and O–H groups in total. The van der Waals surface area contributed by atoms with Crippen LogP contribution in [0.1, 0.15) is 35.2 Å². The number of amides is 2. The zero-order chi connectivity index (χ0) is 42.2. The maximum Gasteiger partial charge on any atom is 0.347 e. The number of carbonyl (C=O) groups excluding carboxylic acids is 2. The van der Waals surface area contributed by atoms with Crippen LogP contribution >= 0.6 is 11.6 Å². The summed E-state index contributed by atoms with van der Waals surface area (Å²) in [4.78, 5) is 78.7. The summed E-state index contributed by atoms with van der Waals surface area (Å²) < 4.78 is 21.9. The van der Waals surface area contributed by atoms with Gasteiger partial charge in [-0.3, -0.25) is 14.4 Å². The predicted molar refractivity (Wildman–Crippen MR) is 221 cm³/mol. The van der Waals surface area contributed by atoms with Gasteiger partial charge in [-0.25, -0.2) is 33.4 Å². The Labute approximate surface area is 346 Å². The molecule has 9 rings (SSSR count). The van der Waals surface area contributed by atoms with Crippen molar-refractivity contribution >= 4 is 40.1 Å². The largest absolute Gasteiger partial charge is 0.508 e. The van der Waals surface area contributed by atoms with Gasteiger partial charge in [0.25, 0.3) is 5.56 Å². The molecule has 15 nitrogen and oxygen atoms in total. The van der Waals surface area contributed by atoms with Crippen LogP contribution in [0.5, 0.6) is 23.0 Å². The van der Waals surface area contributed by atoms with E-state index in [1.165, 1.54) is 52.3 Å². The predicted octanol–water partition coefficient (Wildman–Crippen LogP) is 4.48. The molecule has 2 fully saturated rings. The number of phenols is 1. The number of imide groups is 1. The molecule has 2 aromatic heterocycles. The first-order valence-electron chi connectivity index (χ1n) is 19.2. The van der Waals surface area contributed by atoms with Crippen LogP contribution in [0.3, 0.4) is 0 Å². The van der Waals surface area contributed by atoms with E-state index in [4.69, 9.17) is 25.8 Å². The van der Waals surface area contributed by atoms with Gasteiger partial charge in [0.15, 0.2) is 11.5 Å². The highest BCUT2D eigenvalue weighted by molar-refractivity contribution is 6.32. The normalized spacial score (nSPS) is 20.7. The van der Waals surface area contributed by atoms with E-state index in [0.29, 0.717) is 49.9 Å². The number of carbonyl (C=O) groups is 2. The van der Waals surface area contributed by atoms with Crippen LogP contribution in [0.15, 0.2) is 111 Å². The molecule has 2 aliphatic heterocycles. The second-order valence-electron chi connectivity index (χ2n) is 15.1. The Morgan fingerprint density at radius 2 is 1.58 bits per heavy atom. The van der Waals surface area contributed by atoms with E-state index in [1.807, 2.05) is 24.3 Å². The van der Waals surface area contributed by atoms with Crippen molar-refractivity contribution in [3.05, 3.63) is 150 Å². The Hall–Kier alpha value is -6.87. The van der Waals surface area contributed by atoms with Crippen molar-refractivity contribution in [1.82, 2.24) is 23.5 Å². The second kappa shape index (κ2) is 14.4. The van der Waals surface area contributed by atoms with Gasteiger partial charge in [0, 0.05) is 54.7 Å². The lowest BCUT2D eigenvalue weighted by atomic mass is 9.53. The van der Waals surface area contributed by atoms with Gasteiger partial charge in [-0.1, -0.05) is 60.1 Å². The van der Waals surface area contributed by atoms with Crippen LogP contribution in [-0.2, 0) is 41.6 Å². The number of phenolic OH excluding ortho intramolecular Hbond substituents is 1. The fraction of sp³-hybridized carbons (Fsp3) is 0.273. The number of fused-ring (bicyclic) bond motifs is 5. The summed E-state index contributed by atoms with van der Waals surface area (Å²) in [5.74, 6) is -1.90. The summed E-state index contributed by atoms with van der Waals surface area (Å²) in [5, 5.41) is 10.9. The highest BCUT2D eigenvalue weighted by Crippen LogP contribution is 2.63. The van der Waals surface area contributed by atoms with E-state index in [2.05, 4.69) is 4.98 Å². The number of benzene rings is 4. The molecule has 306 valence electrons. The smallest absolute Gasteiger partial charge is 0.347 e. The lowest BCUT2D eigenvalue weighted by molar-refractivity contribution is -0.124. The number of hydrogen-bond acceptors (Lipinski definition) is 10. The first-order chi connectivity index (χ1) is 28.9. The summed E-state index contributed by atoms with van der Waals surface area (Å²) in [5.41, 5.74) is -0.109. The summed E-state index contributed by atoms with van der Waals surface area (Å²) >= 11 is 6.42. The molecule has 60 heavy (non-hydrogen) atoms. The van der Waals surface area contributed by atoms with Crippen LogP contribution in [0, 0.1) is 5.92 Å². The monoisotopic (exact) mass is 830 g/mol.